The van der Waals surface area contributed by atoms with Gasteiger partial charge in [-0.1, -0.05) is 6.92 Å². The van der Waals surface area contributed by atoms with Crippen LogP contribution in [-0.2, 0) is 14.8 Å². The molecule has 6 nitrogen and oxygen atoms in total. The van der Waals surface area contributed by atoms with Crippen LogP contribution in [0.25, 0.3) is 0 Å². The molecule has 0 unspecified atom stereocenters. The molecule has 0 aliphatic rings. The molecule has 7 heteroatoms. The second kappa shape index (κ2) is 8.11. The smallest absolute Gasteiger partial charge is 0.251 e. The molecule has 21 heavy (non-hydrogen) atoms. The highest BCUT2D eigenvalue weighted by Crippen LogP contribution is 2.10. The van der Waals surface area contributed by atoms with Crippen molar-refractivity contribution in [2.45, 2.75) is 31.2 Å². The number of nitrogens with one attached hydrogen (secondary N) is 2. The van der Waals surface area contributed by atoms with Crippen LogP contribution >= 0.6 is 0 Å². The number of hydrogen-bond acceptors (Lipinski definition) is 4. The molecule has 0 bridgehead atoms. The number of benzene rings is 1. The van der Waals surface area contributed by atoms with Crippen molar-refractivity contribution in [3.05, 3.63) is 29.8 Å². The van der Waals surface area contributed by atoms with Gasteiger partial charge in [-0.3, -0.25) is 4.79 Å². The monoisotopic (exact) mass is 314 g/mol. The van der Waals surface area contributed by atoms with Crippen molar-refractivity contribution < 1.29 is 17.9 Å². The fraction of sp³-hybridized carbons (Fsp3) is 0.500. The maximum Gasteiger partial charge on any atom is 0.251 e. The molecular weight excluding hydrogens is 292 g/mol. The molecule has 2 N–H and O–H groups in total. The van der Waals surface area contributed by atoms with Gasteiger partial charge in [-0.05, 0) is 37.6 Å². The molecule has 1 rings (SSSR count). The van der Waals surface area contributed by atoms with E-state index in [1.807, 2.05) is 13.8 Å². The molecule has 1 aromatic carbocycles. The minimum atomic E-state index is -3.56. The maximum absolute atomic E-state index is 11.9. The van der Waals surface area contributed by atoms with Crippen LogP contribution in [-0.4, -0.2) is 40.6 Å². The molecule has 1 atom stereocenters. The summed E-state index contributed by atoms with van der Waals surface area (Å²) in [5.74, 6) is -0.208. The Balaban J connectivity index is 2.75. The molecular formula is C14H22N2O4S. The molecule has 0 aliphatic heterocycles. The Morgan fingerprint density at radius 3 is 2.43 bits per heavy atom. The summed E-state index contributed by atoms with van der Waals surface area (Å²) in [5, 5.41) is 2.83. The average Bonchev–Trinajstić information content (AvgIpc) is 2.47. The molecule has 0 radical (unpaired) electrons. The van der Waals surface area contributed by atoms with Gasteiger partial charge in [-0.2, -0.15) is 0 Å². The third kappa shape index (κ3) is 5.45. The number of carbonyl (C=O) groups excluding carboxylic acids is 1. The average molecular weight is 314 g/mol. The summed E-state index contributed by atoms with van der Waals surface area (Å²) in [6.07, 6.45) is 0.835. The van der Waals surface area contributed by atoms with E-state index in [-0.39, 0.29) is 23.4 Å². The van der Waals surface area contributed by atoms with Crippen LogP contribution in [0.1, 0.15) is 30.6 Å². The summed E-state index contributed by atoms with van der Waals surface area (Å²) in [6.45, 7) is 4.40. The third-order valence-electron chi connectivity index (χ3n) is 3.01. The highest BCUT2D eigenvalue weighted by molar-refractivity contribution is 7.89. The van der Waals surface area contributed by atoms with E-state index in [0.29, 0.717) is 12.2 Å². The number of sulfonamides is 1. The fourth-order valence-electron chi connectivity index (χ4n) is 1.56. The Labute approximate surface area is 125 Å². The Bertz CT molecular complexity index is 555. The largest absolute Gasteiger partial charge is 0.383 e. The van der Waals surface area contributed by atoms with Gasteiger partial charge in [0.1, 0.15) is 0 Å². The van der Waals surface area contributed by atoms with Crippen LogP contribution < -0.4 is 10.0 Å². The van der Waals surface area contributed by atoms with Crippen LogP contribution in [0, 0.1) is 0 Å². The molecule has 1 aromatic rings. The molecule has 0 saturated heterocycles. The van der Waals surface area contributed by atoms with Crippen molar-refractivity contribution in [3.8, 4) is 0 Å². The zero-order chi connectivity index (χ0) is 15.9. The van der Waals surface area contributed by atoms with Crippen molar-refractivity contribution >= 4 is 15.9 Å². The first kappa shape index (κ1) is 17.6. The first-order valence-corrected chi connectivity index (χ1v) is 8.28. The number of carbonyl (C=O) groups is 1. The van der Waals surface area contributed by atoms with Crippen molar-refractivity contribution in [2.24, 2.45) is 0 Å². The van der Waals surface area contributed by atoms with Gasteiger partial charge < -0.3 is 10.1 Å². The van der Waals surface area contributed by atoms with Crippen LogP contribution in [0.15, 0.2) is 29.2 Å². The molecule has 0 aliphatic carbocycles. The van der Waals surface area contributed by atoms with Gasteiger partial charge in [0.15, 0.2) is 0 Å². The number of rotatable bonds is 8. The van der Waals surface area contributed by atoms with E-state index >= 15 is 0 Å². The topological polar surface area (TPSA) is 84.5 Å². The summed E-state index contributed by atoms with van der Waals surface area (Å²) in [4.78, 5) is 12.0. The summed E-state index contributed by atoms with van der Waals surface area (Å²) in [5.41, 5.74) is 0.436. The zero-order valence-corrected chi connectivity index (χ0v) is 13.4. The maximum atomic E-state index is 11.9. The van der Waals surface area contributed by atoms with Gasteiger partial charge in [-0.25, -0.2) is 13.1 Å². The lowest BCUT2D eigenvalue weighted by molar-refractivity contribution is 0.0939. The lowest BCUT2D eigenvalue weighted by Crippen LogP contribution is -2.32. The van der Waals surface area contributed by atoms with Crippen LogP contribution in [0.2, 0.25) is 0 Å². The van der Waals surface area contributed by atoms with Gasteiger partial charge in [0.05, 0.1) is 11.5 Å². The summed E-state index contributed by atoms with van der Waals surface area (Å²) < 4.78 is 31.1. The van der Waals surface area contributed by atoms with E-state index in [9.17, 15) is 13.2 Å². The zero-order valence-electron chi connectivity index (χ0n) is 12.5. The van der Waals surface area contributed by atoms with E-state index in [1.165, 1.54) is 31.4 Å². The first-order chi connectivity index (χ1) is 9.90. The Hall–Kier alpha value is -1.44. The third-order valence-corrected chi connectivity index (χ3v) is 4.49. The predicted octanol–water partition coefficient (Wildman–Crippen LogP) is 1.14. The van der Waals surface area contributed by atoms with Crippen molar-refractivity contribution in [1.82, 2.24) is 10.0 Å². The minimum Gasteiger partial charge on any atom is -0.383 e. The van der Waals surface area contributed by atoms with E-state index in [4.69, 9.17) is 4.74 Å². The van der Waals surface area contributed by atoms with E-state index in [1.54, 1.807) is 0 Å². The Kier molecular flexibility index (Phi) is 6.80. The standard InChI is InChI=1S/C14H22N2O4S/c1-4-11(2)16-14(17)12-5-7-13(8-6-12)21(18,19)15-9-10-20-3/h5-8,11,15H,4,9-10H2,1-3H3,(H,16,17)/t11-/m0/s1. The van der Waals surface area contributed by atoms with Gasteiger partial charge >= 0.3 is 0 Å². The first-order valence-electron chi connectivity index (χ1n) is 6.80. The number of amides is 1. The lowest BCUT2D eigenvalue weighted by atomic mass is 10.2. The normalized spacial score (nSPS) is 12.9. The Morgan fingerprint density at radius 1 is 1.29 bits per heavy atom. The molecule has 1 amide bonds. The van der Waals surface area contributed by atoms with Gasteiger partial charge in [0, 0.05) is 25.3 Å². The van der Waals surface area contributed by atoms with Gasteiger partial charge in [-0.15, -0.1) is 0 Å². The summed E-state index contributed by atoms with van der Waals surface area (Å²) >= 11 is 0. The van der Waals surface area contributed by atoms with E-state index in [0.717, 1.165) is 6.42 Å². The number of ether oxygens (including phenoxy) is 1. The van der Waals surface area contributed by atoms with Crippen molar-refractivity contribution in [2.75, 3.05) is 20.3 Å². The van der Waals surface area contributed by atoms with Gasteiger partial charge in [0.25, 0.3) is 5.91 Å². The van der Waals surface area contributed by atoms with Crippen molar-refractivity contribution in [3.63, 3.8) is 0 Å². The quantitative estimate of drug-likeness (QED) is 0.705. The number of hydrogen-bond donors (Lipinski definition) is 2. The van der Waals surface area contributed by atoms with E-state index in [2.05, 4.69) is 10.0 Å². The second-order valence-corrected chi connectivity index (χ2v) is 6.46. The lowest BCUT2D eigenvalue weighted by Gasteiger charge is -2.11. The van der Waals surface area contributed by atoms with Gasteiger partial charge in [0.2, 0.25) is 10.0 Å². The molecule has 118 valence electrons. The molecule has 0 aromatic heterocycles. The van der Waals surface area contributed by atoms with Crippen molar-refractivity contribution in [1.29, 1.82) is 0 Å². The Morgan fingerprint density at radius 2 is 1.90 bits per heavy atom. The SMILES string of the molecule is CC[C@H](C)NC(=O)c1ccc(S(=O)(=O)NCCOC)cc1. The molecule has 0 fully saturated rings. The summed E-state index contributed by atoms with van der Waals surface area (Å²) in [7, 11) is -2.07. The van der Waals surface area contributed by atoms with Crippen LogP contribution in [0.5, 0.6) is 0 Å². The molecule has 0 spiro atoms. The number of methoxy groups -OCH3 is 1. The van der Waals surface area contributed by atoms with Crippen LogP contribution in [0.3, 0.4) is 0 Å². The minimum absolute atomic E-state index is 0.0802. The molecule has 0 heterocycles. The van der Waals surface area contributed by atoms with E-state index < -0.39 is 10.0 Å². The highest BCUT2D eigenvalue weighted by atomic mass is 32.2. The molecule has 0 saturated carbocycles. The second-order valence-electron chi connectivity index (χ2n) is 4.70. The fourth-order valence-corrected chi connectivity index (χ4v) is 2.57. The van der Waals surface area contributed by atoms with Crippen LogP contribution in [0.4, 0.5) is 0 Å². The predicted molar refractivity (Wildman–Crippen MR) is 80.7 cm³/mol. The highest BCUT2D eigenvalue weighted by Gasteiger charge is 2.14. The summed E-state index contributed by atoms with van der Waals surface area (Å²) in [6, 6.07) is 5.92.